The Morgan fingerprint density at radius 1 is 1.40 bits per heavy atom. The van der Waals surface area contributed by atoms with Crippen molar-refractivity contribution in [2.24, 2.45) is 0 Å². The van der Waals surface area contributed by atoms with Gasteiger partial charge >= 0.3 is 6.03 Å². The third kappa shape index (κ3) is 2.97. The Kier molecular flexibility index (Phi) is 3.71. The average molecular weight is 341 g/mol. The van der Waals surface area contributed by atoms with Crippen LogP contribution in [0.15, 0.2) is 34.9 Å². The van der Waals surface area contributed by atoms with E-state index in [4.69, 9.17) is 9.15 Å². The van der Waals surface area contributed by atoms with Gasteiger partial charge in [-0.2, -0.15) is 0 Å². The van der Waals surface area contributed by atoms with Crippen LogP contribution in [0.4, 0.5) is 4.79 Å². The molecule has 130 valence electrons. The van der Waals surface area contributed by atoms with E-state index in [1.54, 1.807) is 24.1 Å². The Bertz CT molecular complexity index is 831. The highest BCUT2D eigenvalue weighted by Gasteiger charge is 2.46. The van der Waals surface area contributed by atoms with Crippen LogP contribution in [0.1, 0.15) is 34.9 Å². The lowest BCUT2D eigenvalue weighted by Gasteiger charge is -2.34. The van der Waals surface area contributed by atoms with E-state index >= 15 is 0 Å². The van der Waals surface area contributed by atoms with Crippen LogP contribution in [0, 0.1) is 6.92 Å². The second kappa shape index (κ2) is 5.91. The van der Waals surface area contributed by atoms with Crippen LogP contribution in [0.5, 0.6) is 5.75 Å². The fourth-order valence-electron chi connectivity index (χ4n) is 3.45. The number of amides is 2. The SMILES string of the molecule is Cc1ncc(CNC(=O)N2CCC3(CC(=O)c4ccccc4O3)C2)o1. The molecule has 1 saturated heterocycles. The number of nitrogens with one attached hydrogen (secondary N) is 1. The summed E-state index contributed by atoms with van der Waals surface area (Å²) in [4.78, 5) is 30.5. The van der Waals surface area contributed by atoms with Crippen molar-refractivity contribution in [1.29, 1.82) is 0 Å². The number of fused-ring (bicyclic) bond motifs is 1. The van der Waals surface area contributed by atoms with E-state index in [1.165, 1.54) is 0 Å². The highest BCUT2D eigenvalue weighted by molar-refractivity contribution is 6.00. The number of aromatic nitrogens is 1. The highest BCUT2D eigenvalue weighted by Crippen LogP contribution is 2.38. The quantitative estimate of drug-likeness (QED) is 0.906. The van der Waals surface area contributed by atoms with E-state index in [2.05, 4.69) is 10.3 Å². The smallest absolute Gasteiger partial charge is 0.317 e. The summed E-state index contributed by atoms with van der Waals surface area (Å²) >= 11 is 0. The number of carbonyl (C=O) groups excluding carboxylic acids is 2. The lowest BCUT2D eigenvalue weighted by molar-refractivity contribution is 0.0478. The summed E-state index contributed by atoms with van der Waals surface area (Å²) in [5.74, 6) is 1.86. The van der Waals surface area contributed by atoms with Gasteiger partial charge in [0.1, 0.15) is 17.1 Å². The maximum atomic E-state index is 12.4. The minimum Gasteiger partial charge on any atom is -0.484 e. The first-order valence-electron chi connectivity index (χ1n) is 8.30. The van der Waals surface area contributed by atoms with Crippen LogP contribution >= 0.6 is 0 Å². The summed E-state index contributed by atoms with van der Waals surface area (Å²) in [6.45, 7) is 2.99. The molecular formula is C18H19N3O4. The van der Waals surface area contributed by atoms with E-state index in [0.717, 1.165) is 0 Å². The van der Waals surface area contributed by atoms with Crippen LogP contribution < -0.4 is 10.1 Å². The third-order valence-corrected chi connectivity index (χ3v) is 4.68. The predicted molar refractivity (Wildman–Crippen MR) is 88.4 cm³/mol. The van der Waals surface area contributed by atoms with Crippen LogP contribution in [-0.4, -0.2) is 40.4 Å². The Balaban J connectivity index is 1.41. The third-order valence-electron chi connectivity index (χ3n) is 4.68. The molecule has 2 aliphatic heterocycles. The molecule has 25 heavy (non-hydrogen) atoms. The second-order valence-corrected chi connectivity index (χ2v) is 6.56. The number of nitrogens with zero attached hydrogens (tertiary/aromatic N) is 2. The zero-order valence-electron chi connectivity index (χ0n) is 13.9. The van der Waals surface area contributed by atoms with Gasteiger partial charge < -0.3 is 19.4 Å². The number of aryl methyl sites for hydroxylation is 1. The van der Waals surface area contributed by atoms with E-state index in [1.807, 2.05) is 18.2 Å². The molecule has 0 aliphatic carbocycles. The molecule has 7 heteroatoms. The van der Waals surface area contributed by atoms with E-state index in [0.29, 0.717) is 48.9 Å². The topological polar surface area (TPSA) is 84.7 Å². The average Bonchev–Trinajstić information content (AvgIpc) is 3.19. The molecule has 1 unspecified atom stereocenters. The van der Waals surface area contributed by atoms with E-state index in [-0.39, 0.29) is 18.4 Å². The number of hydrogen-bond acceptors (Lipinski definition) is 5. The number of benzene rings is 1. The van der Waals surface area contributed by atoms with Crippen LogP contribution in [0.25, 0.3) is 0 Å². The first-order chi connectivity index (χ1) is 12.0. The van der Waals surface area contributed by atoms with Gasteiger partial charge in [-0.15, -0.1) is 0 Å². The number of carbonyl (C=O) groups is 2. The summed E-state index contributed by atoms with van der Waals surface area (Å²) in [7, 11) is 0. The van der Waals surface area contributed by atoms with Crippen molar-refractivity contribution in [3.05, 3.63) is 47.7 Å². The molecule has 1 spiro atoms. The molecule has 3 heterocycles. The molecule has 7 nitrogen and oxygen atoms in total. The van der Waals surface area contributed by atoms with Gasteiger partial charge in [-0.25, -0.2) is 9.78 Å². The van der Waals surface area contributed by atoms with Crippen molar-refractivity contribution in [3.63, 3.8) is 0 Å². The summed E-state index contributed by atoms with van der Waals surface area (Å²) in [5, 5.41) is 2.82. The number of Topliss-reactive ketones (excluding diaryl/α,β-unsaturated/α-hetero) is 1. The molecule has 0 radical (unpaired) electrons. The molecule has 1 aromatic heterocycles. The van der Waals surface area contributed by atoms with Gasteiger partial charge in [0.15, 0.2) is 11.7 Å². The normalized spacial score (nSPS) is 22.0. The van der Waals surface area contributed by atoms with Crippen molar-refractivity contribution in [2.45, 2.75) is 31.9 Å². The largest absolute Gasteiger partial charge is 0.484 e. The fraction of sp³-hybridized carbons (Fsp3) is 0.389. The molecule has 2 aromatic rings. The van der Waals surface area contributed by atoms with Gasteiger partial charge in [0.2, 0.25) is 0 Å². The minimum atomic E-state index is -0.619. The zero-order valence-corrected chi connectivity index (χ0v) is 13.9. The molecule has 1 aromatic carbocycles. The van der Waals surface area contributed by atoms with Crippen LogP contribution in [-0.2, 0) is 6.54 Å². The number of ketones is 1. The number of urea groups is 1. The van der Waals surface area contributed by atoms with Crippen molar-refractivity contribution in [1.82, 2.24) is 15.2 Å². The van der Waals surface area contributed by atoms with Gasteiger partial charge in [0.25, 0.3) is 0 Å². The van der Waals surface area contributed by atoms with Gasteiger partial charge in [-0.05, 0) is 12.1 Å². The minimum absolute atomic E-state index is 0.0706. The molecule has 2 aliphatic rings. The van der Waals surface area contributed by atoms with Crippen LogP contribution in [0.2, 0.25) is 0 Å². The molecule has 1 N–H and O–H groups in total. The summed E-state index contributed by atoms with van der Waals surface area (Å²) in [5.41, 5.74) is 0.00252. The number of rotatable bonds is 2. The fourth-order valence-corrected chi connectivity index (χ4v) is 3.45. The molecule has 2 amide bonds. The number of likely N-dealkylation sites (tertiary alicyclic amines) is 1. The lowest BCUT2D eigenvalue weighted by Crippen LogP contribution is -2.47. The Morgan fingerprint density at radius 2 is 2.24 bits per heavy atom. The maximum absolute atomic E-state index is 12.4. The summed E-state index contributed by atoms with van der Waals surface area (Å²) < 4.78 is 11.5. The highest BCUT2D eigenvalue weighted by atomic mass is 16.5. The first-order valence-corrected chi connectivity index (χ1v) is 8.30. The van der Waals surface area contributed by atoms with Crippen molar-refractivity contribution in [3.8, 4) is 5.75 Å². The summed E-state index contributed by atoms with van der Waals surface area (Å²) in [6, 6.07) is 7.08. The van der Waals surface area contributed by atoms with Gasteiger partial charge in [-0.1, -0.05) is 12.1 Å². The second-order valence-electron chi connectivity index (χ2n) is 6.56. The van der Waals surface area contributed by atoms with E-state index in [9.17, 15) is 9.59 Å². The lowest BCUT2D eigenvalue weighted by atomic mass is 9.89. The zero-order chi connectivity index (χ0) is 17.4. The first kappa shape index (κ1) is 15.7. The number of para-hydroxylation sites is 1. The van der Waals surface area contributed by atoms with Crippen molar-refractivity contribution < 1.29 is 18.7 Å². The Labute approximate surface area is 145 Å². The number of oxazole rings is 1. The monoisotopic (exact) mass is 341 g/mol. The van der Waals surface area contributed by atoms with Crippen molar-refractivity contribution in [2.75, 3.05) is 13.1 Å². The van der Waals surface area contributed by atoms with Gasteiger partial charge in [0, 0.05) is 19.9 Å². The number of ether oxygens (including phenoxy) is 1. The molecule has 0 bridgehead atoms. The molecular weight excluding hydrogens is 322 g/mol. The molecule has 4 rings (SSSR count). The van der Waals surface area contributed by atoms with Gasteiger partial charge in [0.05, 0.1) is 31.3 Å². The standard InChI is InChI=1S/C18H19N3O4/c1-12-19-9-13(24-12)10-20-17(23)21-7-6-18(11-21)8-15(22)14-4-2-3-5-16(14)25-18/h2-5,9H,6-8,10-11H2,1H3,(H,20,23). The maximum Gasteiger partial charge on any atom is 0.317 e. The van der Waals surface area contributed by atoms with E-state index < -0.39 is 5.60 Å². The predicted octanol–water partition coefficient (Wildman–Crippen LogP) is 2.30. The van der Waals surface area contributed by atoms with Gasteiger partial charge in [-0.3, -0.25) is 4.79 Å². The Hall–Kier alpha value is -2.83. The number of hydrogen-bond donors (Lipinski definition) is 1. The summed E-state index contributed by atoms with van der Waals surface area (Å²) in [6.07, 6.45) is 2.54. The molecule has 1 fully saturated rings. The molecule has 1 atom stereocenters. The van der Waals surface area contributed by atoms with Crippen LogP contribution in [0.3, 0.4) is 0 Å². The van der Waals surface area contributed by atoms with Crippen molar-refractivity contribution >= 4 is 11.8 Å². The Morgan fingerprint density at radius 3 is 3.04 bits per heavy atom. The molecule has 0 saturated carbocycles.